The fraction of sp³-hybridized carbons (Fsp3) is 0.526. The van der Waals surface area contributed by atoms with Crippen LogP contribution in [0.1, 0.15) is 37.7 Å². The Morgan fingerprint density at radius 1 is 1.44 bits per heavy atom. The molecule has 0 radical (unpaired) electrons. The summed E-state index contributed by atoms with van der Waals surface area (Å²) in [5, 5.41) is 14.3. The van der Waals surface area contributed by atoms with E-state index in [2.05, 4.69) is 5.32 Å². The lowest BCUT2D eigenvalue weighted by atomic mass is 9.54. The average Bonchev–Trinajstić information content (AvgIpc) is 2.85. The van der Waals surface area contributed by atoms with Gasteiger partial charge in [-0.25, -0.2) is 0 Å². The Hall–Kier alpha value is -1.56. The standard InChI is InChI=1S/C19H25ClN2O3/c1-5-25-14-10-19(11-23,18(14,2)3)21-17(24)16-15(20)12-8-6-7-9-13(12)22(16)4/h6-9,14,23H,5,10-11H2,1-4H3,(H,21,24). The van der Waals surface area contributed by atoms with Crippen molar-refractivity contribution in [2.24, 2.45) is 12.5 Å². The van der Waals surface area contributed by atoms with E-state index in [1.54, 1.807) is 4.57 Å². The van der Waals surface area contributed by atoms with Crippen LogP contribution in [0.2, 0.25) is 5.02 Å². The number of aliphatic hydroxyl groups is 1. The number of nitrogens with one attached hydrogen (secondary N) is 1. The molecule has 5 nitrogen and oxygen atoms in total. The number of amides is 1. The van der Waals surface area contributed by atoms with E-state index in [9.17, 15) is 9.90 Å². The van der Waals surface area contributed by atoms with Crippen molar-refractivity contribution in [1.82, 2.24) is 9.88 Å². The van der Waals surface area contributed by atoms with Crippen molar-refractivity contribution < 1.29 is 14.6 Å². The van der Waals surface area contributed by atoms with Crippen molar-refractivity contribution in [1.29, 1.82) is 0 Å². The molecule has 0 bridgehead atoms. The van der Waals surface area contributed by atoms with E-state index < -0.39 is 5.54 Å². The largest absolute Gasteiger partial charge is 0.394 e. The van der Waals surface area contributed by atoms with Gasteiger partial charge < -0.3 is 19.7 Å². The summed E-state index contributed by atoms with van der Waals surface area (Å²) in [5.41, 5.74) is 0.218. The summed E-state index contributed by atoms with van der Waals surface area (Å²) in [6.45, 7) is 6.44. The van der Waals surface area contributed by atoms with Crippen LogP contribution in [0.3, 0.4) is 0 Å². The molecule has 1 fully saturated rings. The van der Waals surface area contributed by atoms with Gasteiger partial charge in [0.1, 0.15) is 5.69 Å². The highest BCUT2D eigenvalue weighted by Gasteiger charge is 2.61. The van der Waals surface area contributed by atoms with Gasteiger partial charge in [-0.05, 0) is 13.0 Å². The monoisotopic (exact) mass is 364 g/mol. The first-order valence-electron chi connectivity index (χ1n) is 8.57. The van der Waals surface area contributed by atoms with Gasteiger partial charge >= 0.3 is 0 Å². The molecule has 1 amide bonds. The molecule has 1 saturated carbocycles. The first-order valence-corrected chi connectivity index (χ1v) is 8.94. The van der Waals surface area contributed by atoms with Crippen LogP contribution in [0.5, 0.6) is 0 Å². The van der Waals surface area contributed by atoms with Crippen LogP contribution in [0, 0.1) is 5.41 Å². The van der Waals surface area contributed by atoms with Gasteiger partial charge in [0.15, 0.2) is 0 Å². The minimum Gasteiger partial charge on any atom is -0.394 e. The van der Waals surface area contributed by atoms with Crippen LogP contribution in [0.4, 0.5) is 0 Å². The number of aromatic nitrogens is 1. The number of para-hydroxylation sites is 1. The molecule has 0 spiro atoms. The zero-order valence-electron chi connectivity index (χ0n) is 15.1. The van der Waals surface area contributed by atoms with E-state index in [0.29, 0.717) is 23.7 Å². The van der Waals surface area contributed by atoms with Crippen LogP contribution in [-0.4, -0.2) is 40.4 Å². The molecular formula is C19H25ClN2O3. The zero-order valence-corrected chi connectivity index (χ0v) is 15.9. The minimum absolute atomic E-state index is 0.00732. The maximum Gasteiger partial charge on any atom is 0.270 e. The van der Waals surface area contributed by atoms with Crippen molar-refractivity contribution in [2.75, 3.05) is 13.2 Å². The van der Waals surface area contributed by atoms with Crippen LogP contribution >= 0.6 is 11.6 Å². The second-order valence-corrected chi connectivity index (χ2v) is 7.68. The van der Waals surface area contributed by atoms with Crippen molar-refractivity contribution in [3.05, 3.63) is 35.0 Å². The molecule has 6 heteroatoms. The number of nitrogens with zero attached hydrogens (tertiary/aromatic N) is 1. The fourth-order valence-electron chi connectivity index (χ4n) is 3.88. The van der Waals surface area contributed by atoms with Crippen molar-refractivity contribution in [3.8, 4) is 0 Å². The SMILES string of the molecule is CCOC1CC(CO)(NC(=O)c2c(Cl)c3ccccc3n2C)C1(C)C. The third-order valence-corrected chi connectivity index (χ3v) is 6.21. The first-order chi connectivity index (χ1) is 11.8. The highest BCUT2D eigenvalue weighted by molar-refractivity contribution is 6.38. The fourth-order valence-corrected chi connectivity index (χ4v) is 4.25. The lowest BCUT2D eigenvalue weighted by molar-refractivity contribution is -0.172. The Balaban J connectivity index is 1.93. The van der Waals surface area contributed by atoms with Crippen molar-refractivity contribution in [3.63, 3.8) is 0 Å². The number of halogens is 1. The van der Waals surface area contributed by atoms with Crippen LogP contribution in [0.15, 0.2) is 24.3 Å². The Morgan fingerprint density at radius 2 is 2.12 bits per heavy atom. The number of benzene rings is 1. The minimum atomic E-state index is -0.719. The number of carbonyl (C=O) groups is 1. The predicted molar refractivity (Wildman–Crippen MR) is 99.0 cm³/mol. The van der Waals surface area contributed by atoms with E-state index in [-0.39, 0.29) is 24.0 Å². The van der Waals surface area contributed by atoms with Crippen LogP contribution in [0.25, 0.3) is 10.9 Å². The summed E-state index contributed by atoms with van der Waals surface area (Å²) in [7, 11) is 1.82. The summed E-state index contributed by atoms with van der Waals surface area (Å²) >= 11 is 6.47. The maximum absolute atomic E-state index is 13.0. The van der Waals surface area contributed by atoms with Gasteiger partial charge in [0.2, 0.25) is 0 Å². The van der Waals surface area contributed by atoms with Gasteiger partial charge in [-0.1, -0.05) is 43.6 Å². The number of fused-ring (bicyclic) bond motifs is 1. The first kappa shape index (κ1) is 18.2. The second-order valence-electron chi connectivity index (χ2n) is 7.30. The molecular weight excluding hydrogens is 340 g/mol. The molecule has 1 heterocycles. The summed E-state index contributed by atoms with van der Waals surface area (Å²) in [6.07, 6.45) is 0.588. The Morgan fingerprint density at radius 3 is 2.68 bits per heavy atom. The van der Waals surface area contributed by atoms with Gasteiger partial charge in [0, 0.05) is 36.4 Å². The topological polar surface area (TPSA) is 63.5 Å². The average molecular weight is 365 g/mol. The van der Waals surface area contributed by atoms with Gasteiger partial charge in [-0.15, -0.1) is 0 Å². The Labute approximate surface area is 152 Å². The van der Waals surface area contributed by atoms with E-state index in [1.165, 1.54) is 0 Å². The number of ether oxygens (including phenoxy) is 1. The molecule has 1 aliphatic carbocycles. The molecule has 0 aliphatic heterocycles. The third kappa shape index (κ3) is 2.57. The Kier molecular flexibility index (Phi) is 4.60. The molecule has 2 aromatic rings. The van der Waals surface area contributed by atoms with Crippen molar-refractivity contribution in [2.45, 2.75) is 38.8 Å². The smallest absolute Gasteiger partial charge is 0.270 e. The number of aliphatic hydroxyl groups excluding tert-OH is 1. The van der Waals surface area contributed by atoms with E-state index in [0.717, 1.165) is 10.9 Å². The molecule has 0 saturated heterocycles. The molecule has 2 unspecified atom stereocenters. The summed E-state index contributed by atoms with van der Waals surface area (Å²) in [6, 6.07) is 7.64. The third-order valence-electron chi connectivity index (χ3n) is 5.82. The summed E-state index contributed by atoms with van der Waals surface area (Å²) in [5.74, 6) is -0.277. The number of rotatable bonds is 5. The van der Waals surface area contributed by atoms with Gasteiger partial charge in [0.05, 0.1) is 23.3 Å². The predicted octanol–water partition coefficient (Wildman–Crippen LogP) is 3.13. The van der Waals surface area contributed by atoms with Gasteiger partial charge in [0.25, 0.3) is 5.91 Å². The molecule has 1 aromatic heterocycles. The van der Waals surface area contributed by atoms with Gasteiger partial charge in [-0.2, -0.15) is 0 Å². The van der Waals surface area contributed by atoms with Crippen LogP contribution < -0.4 is 5.32 Å². The van der Waals surface area contributed by atoms with E-state index >= 15 is 0 Å². The molecule has 25 heavy (non-hydrogen) atoms. The molecule has 1 aliphatic rings. The lowest BCUT2D eigenvalue weighted by Gasteiger charge is -2.60. The normalized spacial score (nSPS) is 25.0. The molecule has 2 N–H and O–H groups in total. The summed E-state index contributed by atoms with van der Waals surface area (Å²) < 4.78 is 7.53. The summed E-state index contributed by atoms with van der Waals surface area (Å²) in [4.78, 5) is 13.0. The molecule has 136 valence electrons. The maximum atomic E-state index is 13.0. The number of aryl methyl sites for hydroxylation is 1. The highest BCUT2D eigenvalue weighted by atomic mass is 35.5. The number of carbonyl (C=O) groups excluding carboxylic acids is 1. The Bertz CT molecular complexity index is 775. The number of hydrogen-bond donors (Lipinski definition) is 2. The van der Waals surface area contributed by atoms with Crippen LogP contribution in [-0.2, 0) is 11.8 Å². The van der Waals surface area contributed by atoms with E-state index in [1.807, 2.05) is 52.1 Å². The molecule has 3 rings (SSSR count). The number of hydrogen-bond acceptors (Lipinski definition) is 3. The highest BCUT2D eigenvalue weighted by Crippen LogP contribution is 2.51. The molecule has 1 aromatic carbocycles. The quantitative estimate of drug-likeness (QED) is 0.856. The van der Waals surface area contributed by atoms with E-state index in [4.69, 9.17) is 16.3 Å². The second kappa shape index (κ2) is 6.31. The van der Waals surface area contributed by atoms with Crippen molar-refractivity contribution >= 4 is 28.4 Å². The zero-order chi connectivity index (χ0) is 18.4. The molecule has 2 atom stereocenters. The van der Waals surface area contributed by atoms with Gasteiger partial charge in [-0.3, -0.25) is 4.79 Å². The lowest BCUT2D eigenvalue weighted by Crippen LogP contribution is -2.74.